The predicted octanol–water partition coefficient (Wildman–Crippen LogP) is 8.81. The van der Waals surface area contributed by atoms with Crippen LogP contribution in [0.4, 0.5) is 0 Å². The Hall–Kier alpha value is -1.40. The van der Waals surface area contributed by atoms with Crippen molar-refractivity contribution in [3.05, 3.63) is 12.2 Å². The molecule has 0 bridgehead atoms. The van der Waals surface area contributed by atoms with Gasteiger partial charge in [0.1, 0.15) is 6.10 Å². The Morgan fingerprint density at radius 3 is 2.17 bits per heavy atom. The molecule has 268 valence electrons. The molecule has 0 heterocycles. The van der Waals surface area contributed by atoms with Crippen molar-refractivity contribution in [1.29, 1.82) is 0 Å². The fourth-order valence-electron chi connectivity index (χ4n) is 13.2. The molecule has 5 fully saturated rings. The van der Waals surface area contributed by atoms with E-state index in [0.29, 0.717) is 35.0 Å². The highest BCUT2D eigenvalue weighted by molar-refractivity contribution is 5.81. The summed E-state index contributed by atoms with van der Waals surface area (Å²) in [5, 5.41) is 23.2. The summed E-state index contributed by atoms with van der Waals surface area (Å²) in [6.45, 7) is 28.0. The molecule has 0 saturated heterocycles. The van der Waals surface area contributed by atoms with E-state index in [2.05, 4.69) is 67.3 Å². The Morgan fingerprint density at radius 1 is 0.872 bits per heavy atom. The van der Waals surface area contributed by atoms with E-state index in [1.807, 2.05) is 0 Å². The Morgan fingerprint density at radius 2 is 1.55 bits per heavy atom. The number of hydrogen-bond donors (Lipinski definition) is 3. The number of rotatable bonds is 10. The number of ether oxygens (including phenoxy) is 1. The lowest BCUT2D eigenvalue weighted by Gasteiger charge is -2.73. The van der Waals surface area contributed by atoms with E-state index in [4.69, 9.17) is 4.74 Å². The third-order valence-corrected chi connectivity index (χ3v) is 16.2. The molecule has 10 atom stereocenters. The van der Waals surface area contributed by atoms with Gasteiger partial charge in [0.25, 0.3) is 0 Å². The summed E-state index contributed by atoms with van der Waals surface area (Å²) in [6.07, 6.45) is 13.0. The van der Waals surface area contributed by atoms with Crippen molar-refractivity contribution in [2.75, 3.05) is 13.2 Å². The molecular weight excluding hydrogens is 586 g/mol. The number of esters is 1. The third kappa shape index (κ3) is 5.85. The van der Waals surface area contributed by atoms with Crippen molar-refractivity contribution in [3.8, 4) is 0 Å². The molecule has 5 aliphatic rings. The molecule has 0 unspecified atom stereocenters. The number of carboxylic acid groups (broad SMARTS) is 1. The first-order valence-corrected chi connectivity index (χ1v) is 19.0. The molecule has 5 saturated carbocycles. The van der Waals surface area contributed by atoms with E-state index >= 15 is 0 Å². The summed E-state index contributed by atoms with van der Waals surface area (Å²) in [5.74, 6) is 1.75. The van der Waals surface area contributed by atoms with Gasteiger partial charge in [0.2, 0.25) is 0 Å². The summed E-state index contributed by atoms with van der Waals surface area (Å²) < 4.78 is 6.18. The van der Waals surface area contributed by atoms with E-state index in [1.165, 1.54) is 56.9 Å². The maximum absolute atomic E-state index is 13.1. The zero-order chi connectivity index (χ0) is 35.0. The van der Waals surface area contributed by atoms with Crippen LogP contribution in [0.1, 0.15) is 146 Å². The van der Waals surface area contributed by atoms with E-state index in [1.54, 1.807) is 13.8 Å². The second-order valence-electron chi connectivity index (χ2n) is 20.0. The van der Waals surface area contributed by atoms with Crippen LogP contribution in [0, 0.1) is 62.1 Å². The fraction of sp³-hybridized carbons (Fsp3) is 0.902. The van der Waals surface area contributed by atoms with Crippen molar-refractivity contribution in [1.82, 2.24) is 5.32 Å². The summed E-state index contributed by atoms with van der Waals surface area (Å²) in [5.41, 5.74) is 0.930. The number of hydrogen-bond acceptors (Lipinski definition) is 5. The number of carbonyl (C=O) groups is 2. The SMILES string of the molecule is C=C(C)[C@@H]1CC[C@]2(CCNC(C)(C)CO)CC[C@]3(C)[C@H](CC[C@@H]4[C@@]5(C)CC[C@H](OC(=O)CC(C)(C)C(=O)O)C(C)(C)[C@@H]5CC[C@]43C)[C@@H]12. The van der Waals surface area contributed by atoms with Gasteiger partial charge in [-0.1, -0.05) is 46.8 Å². The largest absolute Gasteiger partial charge is 0.481 e. The predicted molar refractivity (Wildman–Crippen MR) is 189 cm³/mol. The van der Waals surface area contributed by atoms with Gasteiger partial charge >= 0.3 is 11.9 Å². The zero-order valence-electron chi connectivity index (χ0n) is 31.7. The summed E-state index contributed by atoms with van der Waals surface area (Å²) in [6, 6.07) is 0. The molecule has 0 amide bonds. The first-order chi connectivity index (χ1) is 21.6. The van der Waals surface area contributed by atoms with Gasteiger partial charge in [0.15, 0.2) is 0 Å². The van der Waals surface area contributed by atoms with Gasteiger partial charge in [0.05, 0.1) is 18.4 Å². The van der Waals surface area contributed by atoms with Gasteiger partial charge in [-0.3, -0.25) is 9.59 Å². The van der Waals surface area contributed by atoms with Crippen LogP contribution in [0.3, 0.4) is 0 Å². The quantitative estimate of drug-likeness (QED) is 0.161. The van der Waals surface area contributed by atoms with Gasteiger partial charge in [0, 0.05) is 11.0 Å². The maximum Gasteiger partial charge on any atom is 0.309 e. The molecule has 0 aromatic carbocycles. The lowest BCUT2D eigenvalue weighted by Crippen LogP contribution is -2.67. The van der Waals surface area contributed by atoms with Gasteiger partial charge in [-0.2, -0.15) is 0 Å². The van der Waals surface area contributed by atoms with Crippen LogP contribution >= 0.6 is 0 Å². The van der Waals surface area contributed by atoms with Crippen LogP contribution < -0.4 is 5.32 Å². The average molecular weight is 656 g/mol. The minimum atomic E-state index is -1.13. The van der Waals surface area contributed by atoms with Crippen LogP contribution in [0.2, 0.25) is 0 Å². The standard InChI is InChI=1S/C41H69NO5/c1-26(2)27-14-19-41(22-23-42-36(5,6)25-43)21-20-39(10)28(33(27)41)12-13-30-38(9)17-16-31(47-32(44)24-35(3,4)34(45)46)37(7,8)29(38)15-18-40(30,39)11/h27-31,33,42-43H,1,12-25H2,2-11H3,(H,45,46)/t27-,28+,29-,30+,31-,33+,38-,39+,40+,41+/m0/s1. The van der Waals surface area contributed by atoms with Crippen LogP contribution in [-0.2, 0) is 14.3 Å². The molecule has 0 aromatic rings. The number of carbonyl (C=O) groups excluding carboxylic acids is 1. The van der Waals surface area contributed by atoms with Crippen molar-refractivity contribution in [2.45, 2.75) is 158 Å². The molecule has 0 spiro atoms. The topological polar surface area (TPSA) is 95.9 Å². The first-order valence-electron chi connectivity index (χ1n) is 19.0. The Bertz CT molecular complexity index is 1240. The maximum atomic E-state index is 13.1. The van der Waals surface area contributed by atoms with Crippen LogP contribution in [0.15, 0.2) is 12.2 Å². The van der Waals surface area contributed by atoms with E-state index in [0.717, 1.165) is 25.8 Å². The molecule has 0 aliphatic heterocycles. The lowest BCUT2D eigenvalue weighted by atomic mass is 9.32. The van der Waals surface area contributed by atoms with E-state index in [9.17, 15) is 19.8 Å². The second kappa shape index (κ2) is 12.1. The van der Waals surface area contributed by atoms with E-state index < -0.39 is 11.4 Å². The van der Waals surface area contributed by atoms with E-state index in [-0.39, 0.29) is 52.3 Å². The fourth-order valence-corrected chi connectivity index (χ4v) is 13.2. The zero-order valence-corrected chi connectivity index (χ0v) is 31.7. The Kier molecular flexibility index (Phi) is 9.52. The minimum absolute atomic E-state index is 0.0968. The number of aliphatic hydroxyl groups excluding tert-OH is 1. The second-order valence-corrected chi connectivity index (χ2v) is 20.0. The molecule has 3 N–H and O–H groups in total. The van der Waals surface area contributed by atoms with Crippen molar-refractivity contribution in [3.63, 3.8) is 0 Å². The van der Waals surface area contributed by atoms with Gasteiger partial charge in [-0.25, -0.2) is 0 Å². The number of nitrogens with one attached hydrogen (secondary N) is 1. The normalized spacial score (nSPS) is 42.8. The third-order valence-electron chi connectivity index (χ3n) is 16.2. The van der Waals surface area contributed by atoms with Crippen molar-refractivity contribution < 1.29 is 24.5 Å². The van der Waals surface area contributed by atoms with Gasteiger partial charge < -0.3 is 20.3 Å². The summed E-state index contributed by atoms with van der Waals surface area (Å²) in [4.78, 5) is 24.7. The van der Waals surface area contributed by atoms with Crippen molar-refractivity contribution in [2.24, 2.45) is 62.1 Å². The molecule has 6 nitrogen and oxygen atoms in total. The number of fused-ring (bicyclic) bond motifs is 7. The van der Waals surface area contributed by atoms with Gasteiger partial charge in [-0.05, 0) is 163 Å². The molecule has 6 heteroatoms. The Labute approximate surface area is 286 Å². The van der Waals surface area contributed by atoms with Gasteiger partial charge in [-0.15, -0.1) is 0 Å². The number of allylic oxidation sites excluding steroid dienone is 1. The average Bonchev–Trinajstić information content (AvgIpc) is 3.34. The number of carboxylic acids is 1. The highest BCUT2D eigenvalue weighted by Crippen LogP contribution is 2.78. The first kappa shape index (κ1) is 36.9. The van der Waals surface area contributed by atoms with Crippen LogP contribution in [0.5, 0.6) is 0 Å². The molecule has 0 aromatic heterocycles. The smallest absolute Gasteiger partial charge is 0.309 e. The monoisotopic (exact) mass is 656 g/mol. The molecule has 0 radical (unpaired) electrons. The highest BCUT2D eigenvalue weighted by Gasteiger charge is 2.71. The molecule has 47 heavy (non-hydrogen) atoms. The van der Waals surface area contributed by atoms with Crippen LogP contribution in [-0.4, -0.2) is 46.9 Å². The summed E-state index contributed by atoms with van der Waals surface area (Å²) in [7, 11) is 0. The van der Waals surface area contributed by atoms with Crippen LogP contribution in [0.25, 0.3) is 0 Å². The number of aliphatic carboxylic acids is 1. The number of aliphatic hydroxyl groups is 1. The van der Waals surface area contributed by atoms with Crippen molar-refractivity contribution >= 4 is 11.9 Å². The molecular formula is C41H69NO5. The summed E-state index contributed by atoms with van der Waals surface area (Å²) >= 11 is 0. The molecule has 5 aliphatic carbocycles. The Balaban J connectivity index is 1.39. The minimum Gasteiger partial charge on any atom is -0.481 e. The highest BCUT2D eigenvalue weighted by atomic mass is 16.5. The molecule has 5 rings (SSSR count). The lowest BCUT2D eigenvalue weighted by molar-refractivity contribution is -0.250.